The zero-order valence-electron chi connectivity index (χ0n) is 13.7. The maximum Gasteiger partial charge on any atom is 0.333 e. The highest BCUT2D eigenvalue weighted by atomic mass is 35.5. The van der Waals surface area contributed by atoms with E-state index in [0.717, 1.165) is 0 Å². The van der Waals surface area contributed by atoms with Crippen LogP contribution in [0.3, 0.4) is 0 Å². The lowest BCUT2D eigenvalue weighted by molar-refractivity contribution is -0.145. The number of aromatic nitrogens is 1. The van der Waals surface area contributed by atoms with Crippen LogP contribution in [-0.4, -0.2) is 55.3 Å². The summed E-state index contributed by atoms with van der Waals surface area (Å²) in [5, 5.41) is 18.2. The molecule has 1 aromatic heterocycles. The van der Waals surface area contributed by atoms with Crippen LogP contribution in [0.15, 0.2) is 12.1 Å². The maximum absolute atomic E-state index is 11.7. The maximum atomic E-state index is 11.7. The molecule has 7 nitrogen and oxygen atoms in total. The standard InChI is InChI=1S/C14H21ClN2O5S2/c1-14(2,9-16(3)13(15)21)24-23-8-4-5-12(20)22-17-10(18)6-7-11(17)19/h6-7,18-19H,4-5,8-9H2,1-3H3. The number of amides is 1. The van der Waals surface area contributed by atoms with E-state index in [1.165, 1.54) is 17.0 Å². The fraction of sp³-hybridized carbons (Fsp3) is 0.571. The van der Waals surface area contributed by atoms with Crippen molar-refractivity contribution in [2.75, 3.05) is 19.3 Å². The summed E-state index contributed by atoms with van der Waals surface area (Å²) in [5.41, 5.74) is 0. The smallest absolute Gasteiger partial charge is 0.333 e. The molecule has 0 bridgehead atoms. The van der Waals surface area contributed by atoms with E-state index in [-0.39, 0.29) is 22.9 Å². The number of rotatable bonds is 9. The van der Waals surface area contributed by atoms with E-state index < -0.39 is 11.3 Å². The van der Waals surface area contributed by atoms with Crippen molar-refractivity contribution in [2.24, 2.45) is 0 Å². The average Bonchev–Trinajstić information content (AvgIpc) is 2.78. The van der Waals surface area contributed by atoms with E-state index in [4.69, 9.17) is 16.4 Å². The van der Waals surface area contributed by atoms with E-state index in [9.17, 15) is 19.8 Å². The Kier molecular flexibility index (Phi) is 8.11. The van der Waals surface area contributed by atoms with Gasteiger partial charge in [-0.1, -0.05) is 21.6 Å². The fourth-order valence-corrected chi connectivity index (χ4v) is 4.47. The van der Waals surface area contributed by atoms with Crippen molar-refractivity contribution in [3.8, 4) is 11.8 Å². The van der Waals surface area contributed by atoms with Crippen molar-refractivity contribution < 1.29 is 24.6 Å². The molecule has 2 N–H and O–H groups in total. The van der Waals surface area contributed by atoms with Crippen molar-refractivity contribution in [1.82, 2.24) is 9.63 Å². The van der Waals surface area contributed by atoms with Gasteiger partial charge in [0, 0.05) is 42.6 Å². The van der Waals surface area contributed by atoms with E-state index in [1.54, 1.807) is 28.6 Å². The minimum Gasteiger partial charge on any atom is -0.492 e. The normalized spacial score (nSPS) is 11.3. The molecule has 0 aliphatic rings. The van der Waals surface area contributed by atoms with Gasteiger partial charge in [-0.15, -0.1) is 4.73 Å². The molecule has 0 aliphatic heterocycles. The molecule has 1 aromatic rings. The number of halogens is 1. The molecule has 1 heterocycles. The summed E-state index contributed by atoms with van der Waals surface area (Å²) in [6.07, 6.45) is 0.741. The molecule has 0 aromatic carbocycles. The Bertz CT molecular complexity index is 560. The zero-order valence-corrected chi connectivity index (χ0v) is 16.1. The first-order valence-electron chi connectivity index (χ1n) is 7.14. The monoisotopic (exact) mass is 396 g/mol. The van der Waals surface area contributed by atoms with E-state index in [1.807, 2.05) is 13.8 Å². The molecule has 0 spiro atoms. The largest absolute Gasteiger partial charge is 0.492 e. The van der Waals surface area contributed by atoms with Crippen LogP contribution >= 0.6 is 33.2 Å². The van der Waals surface area contributed by atoms with Gasteiger partial charge in [0.2, 0.25) is 11.8 Å². The molecule has 0 radical (unpaired) electrons. The second-order valence-electron chi connectivity index (χ2n) is 5.68. The zero-order chi connectivity index (χ0) is 18.3. The number of hydrogen-bond donors (Lipinski definition) is 2. The Morgan fingerprint density at radius 2 is 1.92 bits per heavy atom. The summed E-state index contributed by atoms with van der Waals surface area (Å²) >= 11 is 5.42. The molecule has 0 saturated heterocycles. The molecule has 24 heavy (non-hydrogen) atoms. The van der Waals surface area contributed by atoms with Gasteiger partial charge in [0.15, 0.2) is 0 Å². The first-order valence-corrected chi connectivity index (χ1v) is 9.84. The Morgan fingerprint density at radius 1 is 1.33 bits per heavy atom. The van der Waals surface area contributed by atoms with Gasteiger partial charge < -0.3 is 20.0 Å². The van der Waals surface area contributed by atoms with Crippen LogP contribution in [0.2, 0.25) is 0 Å². The fourth-order valence-electron chi connectivity index (χ4n) is 1.78. The van der Waals surface area contributed by atoms with Crippen molar-refractivity contribution in [3.05, 3.63) is 12.1 Å². The highest BCUT2D eigenvalue weighted by molar-refractivity contribution is 8.77. The third-order valence-corrected chi connectivity index (χ3v) is 6.45. The topological polar surface area (TPSA) is 92.0 Å². The van der Waals surface area contributed by atoms with Crippen molar-refractivity contribution in [1.29, 1.82) is 0 Å². The van der Waals surface area contributed by atoms with Gasteiger partial charge in [0.1, 0.15) is 0 Å². The number of aromatic hydroxyl groups is 2. The summed E-state index contributed by atoms with van der Waals surface area (Å²) in [5.74, 6) is -0.518. The summed E-state index contributed by atoms with van der Waals surface area (Å²) in [7, 11) is 4.85. The molecule has 136 valence electrons. The molecule has 0 unspecified atom stereocenters. The van der Waals surface area contributed by atoms with Crippen molar-refractivity contribution >= 4 is 44.5 Å². The minimum atomic E-state index is -0.547. The lowest BCUT2D eigenvalue weighted by Gasteiger charge is -2.27. The number of nitrogens with zero attached hydrogens (tertiary/aromatic N) is 2. The lowest BCUT2D eigenvalue weighted by atomic mass is 10.2. The molecule has 1 rings (SSSR count). The number of hydrogen-bond acceptors (Lipinski definition) is 7. The van der Waals surface area contributed by atoms with Crippen LogP contribution in [0, 0.1) is 0 Å². The first-order chi connectivity index (χ1) is 11.1. The van der Waals surface area contributed by atoms with Crippen LogP contribution in [-0.2, 0) is 4.79 Å². The van der Waals surface area contributed by atoms with E-state index in [2.05, 4.69) is 0 Å². The summed E-state index contributed by atoms with van der Waals surface area (Å²) in [6, 6.07) is 2.44. The summed E-state index contributed by atoms with van der Waals surface area (Å²) < 4.78 is 0.500. The van der Waals surface area contributed by atoms with Gasteiger partial charge in [-0.3, -0.25) is 4.79 Å². The Labute approximate surface area is 153 Å². The van der Waals surface area contributed by atoms with Gasteiger partial charge in [-0.2, -0.15) is 0 Å². The quantitative estimate of drug-likeness (QED) is 0.287. The molecular weight excluding hydrogens is 376 g/mol. The Balaban J connectivity index is 2.24. The van der Waals surface area contributed by atoms with Gasteiger partial charge in [0.05, 0.1) is 0 Å². The number of carbonyl (C=O) groups is 2. The van der Waals surface area contributed by atoms with E-state index in [0.29, 0.717) is 23.4 Å². The van der Waals surface area contributed by atoms with Crippen LogP contribution in [0.4, 0.5) is 4.79 Å². The summed E-state index contributed by atoms with van der Waals surface area (Å²) in [6.45, 7) is 4.53. The molecule has 0 saturated carbocycles. The minimum absolute atomic E-state index is 0.158. The molecule has 1 amide bonds. The number of carbonyl (C=O) groups excluding carboxylic acids is 2. The highest BCUT2D eigenvalue weighted by Crippen LogP contribution is 2.36. The van der Waals surface area contributed by atoms with E-state index >= 15 is 0 Å². The Morgan fingerprint density at radius 3 is 2.46 bits per heavy atom. The van der Waals surface area contributed by atoms with Crippen LogP contribution in [0.25, 0.3) is 0 Å². The van der Waals surface area contributed by atoms with Crippen molar-refractivity contribution in [3.63, 3.8) is 0 Å². The van der Waals surface area contributed by atoms with Crippen molar-refractivity contribution in [2.45, 2.75) is 31.4 Å². The molecule has 0 fully saturated rings. The average molecular weight is 397 g/mol. The third kappa shape index (κ3) is 7.14. The molecule has 0 atom stereocenters. The molecule has 0 aliphatic carbocycles. The predicted octanol–water partition coefficient (Wildman–Crippen LogP) is 3.09. The van der Waals surface area contributed by atoms with Crippen LogP contribution in [0.1, 0.15) is 26.7 Å². The third-order valence-electron chi connectivity index (χ3n) is 2.80. The lowest BCUT2D eigenvalue weighted by Crippen LogP contribution is -2.34. The second kappa shape index (κ2) is 9.33. The van der Waals surface area contributed by atoms with Crippen LogP contribution in [0.5, 0.6) is 11.8 Å². The van der Waals surface area contributed by atoms with Gasteiger partial charge in [0.25, 0.3) is 0 Å². The SMILES string of the molecule is CN(CC(C)(C)SSCCCC(=O)On1c(O)ccc1O)C(=O)Cl. The molecular formula is C14H21ClN2O5S2. The summed E-state index contributed by atoms with van der Waals surface area (Å²) in [4.78, 5) is 29.0. The molecule has 10 heteroatoms. The van der Waals surface area contributed by atoms with Gasteiger partial charge >= 0.3 is 11.3 Å². The highest BCUT2D eigenvalue weighted by Gasteiger charge is 2.23. The second-order valence-corrected chi connectivity index (χ2v) is 9.13. The van der Waals surface area contributed by atoms with Gasteiger partial charge in [-0.25, -0.2) is 4.79 Å². The van der Waals surface area contributed by atoms with Gasteiger partial charge in [-0.05, 0) is 31.9 Å². The van der Waals surface area contributed by atoms with Crippen LogP contribution < -0.4 is 4.84 Å². The Hall–Kier alpha value is -1.19. The first kappa shape index (κ1) is 20.9. The predicted molar refractivity (Wildman–Crippen MR) is 96.6 cm³/mol.